The van der Waals surface area contributed by atoms with Gasteiger partial charge in [0.15, 0.2) is 0 Å². The van der Waals surface area contributed by atoms with Crippen LogP contribution in [0.5, 0.6) is 0 Å². The van der Waals surface area contributed by atoms with Crippen LogP contribution in [0.25, 0.3) is 11.0 Å². The molecule has 2 heterocycles. The van der Waals surface area contributed by atoms with E-state index in [1.807, 2.05) is 29.4 Å². The summed E-state index contributed by atoms with van der Waals surface area (Å²) in [5.41, 5.74) is 2.07. The van der Waals surface area contributed by atoms with Gasteiger partial charge in [0.1, 0.15) is 0 Å². The molecule has 1 aliphatic heterocycles. The Hall–Kier alpha value is -2.57. The van der Waals surface area contributed by atoms with Gasteiger partial charge >= 0.3 is 12.0 Å². The molecule has 1 saturated carbocycles. The molecule has 1 atom stereocenters. The Kier molecular flexibility index (Phi) is 5.01. The van der Waals surface area contributed by atoms with Gasteiger partial charge in [-0.3, -0.25) is 4.79 Å². The van der Waals surface area contributed by atoms with Gasteiger partial charge in [-0.05, 0) is 50.7 Å². The molecule has 1 aromatic heterocycles. The van der Waals surface area contributed by atoms with Crippen molar-refractivity contribution in [3.8, 4) is 0 Å². The van der Waals surface area contributed by atoms with Crippen LogP contribution in [0.15, 0.2) is 30.6 Å². The third-order valence-corrected chi connectivity index (χ3v) is 5.98. The summed E-state index contributed by atoms with van der Waals surface area (Å²) in [7, 11) is 0. The number of carbonyl (C=O) groups is 2. The number of likely N-dealkylation sites (tertiary alicyclic amines) is 1. The van der Waals surface area contributed by atoms with Crippen LogP contribution in [-0.4, -0.2) is 50.2 Å². The zero-order chi connectivity index (χ0) is 18.8. The second-order valence-corrected chi connectivity index (χ2v) is 7.71. The van der Waals surface area contributed by atoms with Crippen LogP contribution >= 0.6 is 0 Å². The first-order chi connectivity index (χ1) is 13.1. The van der Waals surface area contributed by atoms with Gasteiger partial charge in [0.25, 0.3) is 0 Å². The number of carboxylic acids is 1. The minimum atomic E-state index is -0.716. The van der Waals surface area contributed by atoms with Gasteiger partial charge in [0.05, 0.1) is 29.3 Å². The van der Waals surface area contributed by atoms with Crippen molar-refractivity contribution in [2.45, 2.75) is 57.2 Å². The van der Waals surface area contributed by atoms with Crippen molar-refractivity contribution in [2.24, 2.45) is 5.92 Å². The number of amides is 2. The second kappa shape index (κ2) is 7.58. The molecule has 4 rings (SSSR count). The molecule has 7 heteroatoms. The zero-order valence-corrected chi connectivity index (χ0v) is 15.4. The predicted molar refractivity (Wildman–Crippen MR) is 101 cm³/mol. The molecule has 27 heavy (non-hydrogen) atoms. The maximum atomic E-state index is 12.8. The normalized spacial score (nSPS) is 25.6. The number of urea groups is 1. The monoisotopic (exact) mass is 370 g/mol. The molecule has 1 unspecified atom stereocenters. The lowest BCUT2D eigenvalue weighted by atomic mass is 9.86. The molecule has 2 N–H and O–H groups in total. The topological polar surface area (TPSA) is 87.5 Å². The van der Waals surface area contributed by atoms with E-state index in [2.05, 4.69) is 20.9 Å². The Bertz CT molecular complexity index is 825. The standard InChI is InChI=1S/C20H26N4O3/c25-19(26)14-7-9-15(10-8-14)22-20(27)24-11-3-4-16(24)12-23-13-21-17-5-1-2-6-18(17)23/h1-2,5-6,13-16H,3-4,7-12H2,(H,22,27)(H,25,26). The molecule has 1 aromatic carbocycles. The summed E-state index contributed by atoms with van der Waals surface area (Å²) < 4.78 is 2.13. The molecule has 2 aliphatic rings. The Morgan fingerprint density at radius 2 is 1.93 bits per heavy atom. The number of nitrogens with one attached hydrogen (secondary N) is 1. The summed E-state index contributed by atoms with van der Waals surface area (Å²) in [5, 5.41) is 12.2. The van der Waals surface area contributed by atoms with E-state index in [0.29, 0.717) is 12.8 Å². The molecular formula is C20H26N4O3. The van der Waals surface area contributed by atoms with Crippen molar-refractivity contribution in [3.05, 3.63) is 30.6 Å². The summed E-state index contributed by atoms with van der Waals surface area (Å²) in [5.74, 6) is -0.973. The lowest BCUT2D eigenvalue weighted by Gasteiger charge is -2.31. The predicted octanol–water partition coefficient (Wildman–Crippen LogP) is 2.85. The highest BCUT2D eigenvalue weighted by atomic mass is 16.4. The van der Waals surface area contributed by atoms with Gasteiger partial charge in [-0.2, -0.15) is 0 Å². The number of rotatable bonds is 4. The number of para-hydroxylation sites is 2. The Balaban J connectivity index is 1.37. The Morgan fingerprint density at radius 3 is 2.70 bits per heavy atom. The fraction of sp³-hybridized carbons (Fsp3) is 0.550. The third kappa shape index (κ3) is 3.77. The highest BCUT2D eigenvalue weighted by Crippen LogP contribution is 2.26. The molecular weight excluding hydrogens is 344 g/mol. The molecule has 144 valence electrons. The van der Waals surface area contributed by atoms with Crippen molar-refractivity contribution in [1.29, 1.82) is 0 Å². The summed E-state index contributed by atoms with van der Waals surface area (Å²) in [6, 6.07) is 8.28. The molecule has 0 radical (unpaired) electrons. The van der Waals surface area contributed by atoms with Gasteiger partial charge in [-0.25, -0.2) is 9.78 Å². The minimum Gasteiger partial charge on any atom is -0.481 e. The van der Waals surface area contributed by atoms with Crippen LogP contribution < -0.4 is 5.32 Å². The molecule has 2 amide bonds. The number of nitrogens with zero attached hydrogens (tertiary/aromatic N) is 3. The number of hydrogen-bond donors (Lipinski definition) is 2. The summed E-state index contributed by atoms with van der Waals surface area (Å²) >= 11 is 0. The highest BCUT2D eigenvalue weighted by molar-refractivity contribution is 5.76. The first-order valence-corrected chi connectivity index (χ1v) is 9.81. The number of carboxylic acid groups (broad SMARTS) is 1. The number of aliphatic carboxylic acids is 1. The fourth-order valence-corrected chi connectivity index (χ4v) is 4.42. The van der Waals surface area contributed by atoms with Crippen LogP contribution in [0.2, 0.25) is 0 Å². The van der Waals surface area contributed by atoms with E-state index in [1.54, 1.807) is 0 Å². The molecule has 2 fully saturated rings. The quantitative estimate of drug-likeness (QED) is 0.866. The number of aromatic nitrogens is 2. The number of fused-ring (bicyclic) bond motifs is 1. The molecule has 1 saturated heterocycles. The average Bonchev–Trinajstić information content (AvgIpc) is 3.30. The molecule has 0 spiro atoms. The number of carbonyl (C=O) groups excluding carboxylic acids is 1. The SMILES string of the molecule is O=C(O)C1CCC(NC(=O)N2CCCC2Cn2cnc3ccccc32)CC1. The van der Waals surface area contributed by atoms with Crippen LogP contribution in [0, 0.1) is 5.92 Å². The van der Waals surface area contributed by atoms with Crippen LogP contribution in [0.4, 0.5) is 4.79 Å². The van der Waals surface area contributed by atoms with Crippen molar-refractivity contribution >= 4 is 23.0 Å². The maximum Gasteiger partial charge on any atom is 0.317 e. The lowest BCUT2D eigenvalue weighted by Crippen LogP contribution is -2.48. The van der Waals surface area contributed by atoms with Gasteiger partial charge in [-0.15, -0.1) is 0 Å². The van der Waals surface area contributed by atoms with Crippen LogP contribution in [-0.2, 0) is 11.3 Å². The van der Waals surface area contributed by atoms with Crippen molar-refractivity contribution < 1.29 is 14.7 Å². The molecule has 2 aromatic rings. The first kappa shape index (κ1) is 17.8. The van der Waals surface area contributed by atoms with E-state index >= 15 is 0 Å². The lowest BCUT2D eigenvalue weighted by molar-refractivity contribution is -0.142. The van der Waals surface area contributed by atoms with Gasteiger partial charge in [0.2, 0.25) is 0 Å². The van der Waals surface area contributed by atoms with Gasteiger partial charge < -0.3 is 19.9 Å². The summed E-state index contributed by atoms with van der Waals surface area (Å²) in [4.78, 5) is 30.3. The van der Waals surface area contributed by atoms with E-state index in [0.717, 1.165) is 49.8 Å². The van der Waals surface area contributed by atoms with Crippen LogP contribution in [0.1, 0.15) is 38.5 Å². The molecule has 1 aliphatic carbocycles. The highest BCUT2D eigenvalue weighted by Gasteiger charge is 2.32. The Labute approximate surface area is 158 Å². The fourth-order valence-electron chi connectivity index (χ4n) is 4.42. The van der Waals surface area contributed by atoms with E-state index in [1.165, 1.54) is 0 Å². The van der Waals surface area contributed by atoms with Gasteiger partial charge in [0, 0.05) is 19.1 Å². The number of hydrogen-bond acceptors (Lipinski definition) is 3. The van der Waals surface area contributed by atoms with Crippen molar-refractivity contribution in [1.82, 2.24) is 19.8 Å². The largest absolute Gasteiger partial charge is 0.481 e. The third-order valence-electron chi connectivity index (χ3n) is 5.98. The summed E-state index contributed by atoms with van der Waals surface area (Å²) in [6.45, 7) is 1.52. The molecule has 7 nitrogen and oxygen atoms in total. The summed E-state index contributed by atoms with van der Waals surface area (Å²) in [6.07, 6.45) is 6.63. The van der Waals surface area contributed by atoms with Gasteiger partial charge in [-0.1, -0.05) is 12.1 Å². The van der Waals surface area contributed by atoms with Crippen molar-refractivity contribution in [3.63, 3.8) is 0 Å². The molecule has 0 bridgehead atoms. The average molecular weight is 370 g/mol. The zero-order valence-electron chi connectivity index (χ0n) is 15.4. The van der Waals surface area contributed by atoms with E-state index in [4.69, 9.17) is 5.11 Å². The minimum absolute atomic E-state index is 0.0132. The van der Waals surface area contributed by atoms with Crippen molar-refractivity contribution in [2.75, 3.05) is 6.54 Å². The maximum absolute atomic E-state index is 12.8. The van der Waals surface area contributed by atoms with E-state index < -0.39 is 5.97 Å². The smallest absolute Gasteiger partial charge is 0.317 e. The van der Waals surface area contributed by atoms with E-state index in [-0.39, 0.29) is 24.0 Å². The Morgan fingerprint density at radius 1 is 1.15 bits per heavy atom. The van der Waals surface area contributed by atoms with E-state index in [9.17, 15) is 9.59 Å². The number of imidazole rings is 1. The second-order valence-electron chi connectivity index (χ2n) is 7.71. The first-order valence-electron chi connectivity index (χ1n) is 9.81. The number of benzene rings is 1. The van der Waals surface area contributed by atoms with Crippen LogP contribution in [0.3, 0.4) is 0 Å².